The summed E-state index contributed by atoms with van der Waals surface area (Å²) in [5, 5.41) is 8.03. The van der Waals surface area contributed by atoms with E-state index in [1.807, 2.05) is 24.3 Å². The van der Waals surface area contributed by atoms with Crippen LogP contribution in [-0.4, -0.2) is 52.3 Å². The van der Waals surface area contributed by atoms with E-state index in [0.717, 1.165) is 54.6 Å². The first-order valence-corrected chi connectivity index (χ1v) is 8.73. The predicted molar refractivity (Wildman–Crippen MR) is 92.6 cm³/mol. The van der Waals surface area contributed by atoms with E-state index in [9.17, 15) is 0 Å². The number of aromatic nitrogens is 3. The van der Waals surface area contributed by atoms with E-state index < -0.39 is 0 Å². The fourth-order valence-corrected chi connectivity index (χ4v) is 3.62. The third-order valence-electron chi connectivity index (χ3n) is 5.04. The molecule has 0 spiro atoms. The van der Waals surface area contributed by atoms with E-state index in [1.165, 1.54) is 0 Å². The Morgan fingerprint density at radius 1 is 1.20 bits per heavy atom. The average Bonchev–Trinajstić information content (AvgIpc) is 3.08. The first-order valence-electron chi connectivity index (χ1n) is 8.73. The van der Waals surface area contributed by atoms with Crippen LogP contribution in [0, 0.1) is 5.92 Å². The molecular formula is C17H24N6O2. The van der Waals surface area contributed by atoms with Crippen molar-refractivity contribution in [1.82, 2.24) is 20.0 Å². The van der Waals surface area contributed by atoms with Crippen LogP contribution in [0.2, 0.25) is 0 Å². The molecule has 0 bridgehead atoms. The molecule has 4 N–H and O–H groups in total. The number of likely N-dealkylation sites (tertiary alicyclic amines) is 1. The molecule has 0 amide bonds. The summed E-state index contributed by atoms with van der Waals surface area (Å²) in [4.78, 5) is 3.49. The number of piperidine rings is 1. The van der Waals surface area contributed by atoms with Gasteiger partial charge in [-0.15, -0.1) is 10.2 Å². The molecule has 2 aromatic rings. The summed E-state index contributed by atoms with van der Waals surface area (Å²) >= 11 is 0. The van der Waals surface area contributed by atoms with Gasteiger partial charge in [-0.25, -0.2) is 0 Å². The molecule has 3 heterocycles. The van der Waals surface area contributed by atoms with Crippen LogP contribution in [0.3, 0.4) is 0 Å². The summed E-state index contributed by atoms with van der Waals surface area (Å²) in [7, 11) is 0. The average molecular weight is 344 g/mol. The summed E-state index contributed by atoms with van der Waals surface area (Å²) < 4.78 is 11.9. The fourth-order valence-electron chi connectivity index (χ4n) is 3.62. The lowest BCUT2D eigenvalue weighted by molar-refractivity contribution is 0.0459. The van der Waals surface area contributed by atoms with Gasteiger partial charge in [0, 0.05) is 6.54 Å². The summed E-state index contributed by atoms with van der Waals surface area (Å²) in [6.07, 6.45) is 3.78. The summed E-state index contributed by atoms with van der Waals surface area (Å²) in [5.41, 5.74) is 7.10. The Labute approximate surface area is 146 Å². The van der Waals surface area contributed by atoms with Gasteiger partial charge in [-0.2, -0.15) is 0 Å². The van der Waals surface area contributed by atoms with Gasteiger partial charge in [0.05, 0.1) is 12.2 Å². The smallest absolute Gasteiger partial charge is 0.161 e. The molecule has 2 atom stereocenters. The van der Waals surface area contributed by atoms with Crippen LogP contribution in [0.15, 0.2) is 30.5 Å². The van der Waals surface area contributed by atoms with Crippen molar-refractivity contribution in [3.8, 4) is 11.5 Å². The van der Waals surface area contributed by atoms with Gasteiger partial charge in [0.1, 0.15) is 18.4 Å². The second kappa shape index (κ2) is 6.89. The SMILES string of the molecule is NC(c1cnn(N)n1)C1CCN(CC2COc3ccccc3O2)CC1. The Kier molecular flexibility index (Phi) is 4.46. The monoisotopic (exact) mass is 344 g/mol. The van der Waals surface area contributed by atoms with Gasteiger partial charge >= 0.3 is 0 Å². The van der Waals surface area contributed by atoms with Crippen LogP contribution in [0.5, 0.6) is 11.5 Å². The third-order valence-corrected chi connectivity index (χ3v) is 5.04. The zero-order chi connectivity index (χ0) is 17.2. The molecule has 0 saturated carbocycles. The molecular weight excluding hydrogens is 320 g/mol. The fraction of sp³-hybridized carbons (Fsp3) is 0.529. The minimum Gasteiger partial charge on any atom is -0.486 e. The Hall–Kier alpha value is -2.32. The molecule has 4 rings (SSSR count). The molecule has 1 aromatic heterocycles. The number of ether oxygens (including phenoxy) is 2. The number of nitrogens with two attached hydrogens (primary N) is 2. The lowest BCUT2D eigenvalue weighted by atomic mass is 9.88. The maximum absolute atomic E-state index is 6.33. The van der Waals surface area contributed by atoms with Crippen molar-refractivity contribution < 1.29 is 9.47 Å². The summed E-state index contributed by atoms with van der Waals surface area (Å²) in [6, 6.07) is 7.71. The van der Waals surface area contributed by atoms with Gasteiger partial charge in [-0.1, -0.05) is 17.0 Å². The van der Waals surface area contributed by atoms with E-state index in [4.69, 9.17) is 21.1 Å². The maximum Gasteiger partial charge on any atom is 0.161 e. The molecule has 2 unspecified atom stereocenters. The molecule has 0 aliphatic carbocycles. The van der Waals surface area contributed by atoms with Crippen molar-refractivity contribution >= 4 is 0 Å². The number of hydrogen-bond acceptors (Lipinski definition) is 7. The van der Waals surface area contributed by atoms with Crippen LogP contribution in [0.4, 0.5) is 0 Å². The maximum atomic E-state index is 6.33. The number of fused-ring (bicyclic) bond motifs is 1. The highest BCUT2D eigenvalue weighted by atomic mass is 16.6. The third kappa shape index (κ3) is 3.54. The highest BCUT2D eigenvalue weighted by Gasteiger charge is 2.29. The Bertz CT molecular complexity index is 713. The Morgan fingerprint density at radius 3 is 2.68 bits per heavy atom. The Morgan fingerprint density at radius 2 is 1.96 bits per heavy atom. The highest BCUT2D eigenvalue weighted by molar-refractivity contribution is 5.40. The van der Waals surface area contributed by atoms with Crippen molar-refractivity contribution in [2.45, 2.75) is 25.0 Å². The molecule has 1 fully saturated rings. The van der Waals surface area contributed by atoms with Gasteiger partial charge in [0.25, 0.3) is 0 Å². The number of rotatable bonds is 4. The lowest BCUT2D eigenvalue weighted by Crippen LogP contribution is -2.45. The van der Waals surface area contributed by atoms with Crippen molar-refractivity contribution in [2.75, 3.05) is 32.1 Å². The van der Waals surface area contributed by atoms with Gasteiger partial charge in [0.15, 0.2) is 11.5 Å². The number of hydrogen-bond donors (Lipinski definition) is 2. The van der Waals surface area contributed by atoms with Crippen molar-refractivity contribution in [1.29, 1.82) is 0 Å². The first kappa shape index (κ1) is 16.2. The van der Waals surface area contributed by atoms with E-state index in [0.29, 0.717) is 12.5 Å². The lowest BCUT2D eigenvalue weighted by Gasteiger charge is -2.36. The zero-order valence-electron chi connectivity index (χ0n) is 14.1. The van der Waals surface area contributed by atoms with Crippen molar-refractivity contribution in [3.63, 3.8) is 0 Å². The number of para-hydroxylation sites is 2. The zero-order valence-corrected chi connectivity index (χ0v) is 14.1. The molecule has 8 nitrogen and oxygen atoms in total. The standard InChI is InChI=1S/C17H24N6O2/c18-17(14-9-20-23(19)21-14)12-5-7-22(8-6-12)10-13-11-24-15-3-1-2-4-16(15)25-13/h1-4,9,12-13,17H,5-8,10-11,18-19H2. The van der Waals surface area contributed by atoms with E-state index in [-0.39, 0.29) is 12.1 Å². The minimum absolute atomic E-state index is 0.0669. The molecule has 0 radical (unpaired) electrons. The van der Waals surface area contributed by atoms with Gasteiger partial charge in [-0.3, -0.25) is 4.90 Å². The van der Waals surface area contributed by atoms with Crippen LogP contribution in [0.1, 0.15) is 24.6 Å². The number of nitrogen functional groups attached to an aromatic ring is 1. The molecule has 25 heavy (non-hydrogen) atoms. The molecule has 2 aliphatic heterocycles. The highest BCUT2D eigenvalue weighted by Crippen LogP contribution is 2.32. The van der Waals surface area contributed by atoms with Gasteiger partial charge in [-0.05, 0) is 44.0 Å². The van der Waals surface area contributed by atoms with Gasteiger partial charge < -0.3 is 21.1 Å². The number of benzene rings is 1. The second-order valence-corrected chi connectivity index (χ2v) is 6.75. The summed E-state index contributed by atoms with van der Waals surface area (Å²) in [6.45, 7) is 3.46. The topological polar surface area (TPSA) is 104 Å². The molecule has 1 saturated heterocycles. The second-order valence-electron chi connectivity index (χ2n) is 6.75. The van der Waals surface area contributed by atoms with Crippen LogP contribution in [-0.2, 0) is 0 Å². The largest absolute Gasteiger partial charge is 0.486 e. The molecule has 134 valence electrons. The quantitative estimate of drug-likeness (QED) is 0.780. The van der Waals surface area contributed by atoms with Crippen molar-refractivity contribution in [2.24, 2.45) is 11.7 Å². The van der Waals surface area contributed by atoms with Crippen LogP contribution in [0.25, 0.3) is 0 Å². The van der Waals surface area contributed by atoms with E-state index >= 15 is 0 Å². The summed E-state index contributed by atoms with van der Waals surface area (Å²) in [5.74, 6) is 7.57. The van der Waals surface area contributed by atoms with Crippen LogP contribution < -0.4 is 21.1 Å². The van der Waals surface area contributed by atoms with Crippen LogP contribution >= 0.6 is 0 Å². The van der Waals surface area contributed by atoms with Crippen molar-refractivity contribution in [3.05, 3.63) is 36.2 Å². The van der Waals surface area contributed by atoms with E-state index in [2.05, 4.69) is 15.1 Å². The first-order chi connectivity index (χ1) is 12.2. The predicted octanol–water partition coefficient (Wildman–Crippen LogP) is 0.544. The minimum atomic E-state index is -0.111. The van der Waals surface area contributed by atoms with Gasteiger partial charge in [0.2, 0.25) is 0 Å². The molecule has 1 aromatic carbocycles. The van der Waals surface area contributed by atoms with E-state index in [1.54, 1.807) is 6.20 Å². The molecule has 8 heteroatoms. The number of nitrogens with zero attached hydrogens (tertiary/aromatic N) is 4. The Balaban J connectivity index is 1.28. The normalized spacial score (nSPS) is 22.7. The molecule has 2 aliphatic rings.